The quantitative estimate of drug-likeness (QED) is 0.758. The molecule has 5 nitrogen and oxygen atoms in total. The van der Waals surface area contributed by atoms with E-state index >= 15 is 0 Å². The number of methoxy groups -OCH3 is 1. The third-order valence-corrected chi connectivity index (χ3v) is 5.81. The SMILES string of the molecule is COc1ccc(N(C(=O)c2ccc(Br)cc2)C2C=CS(=O)(=O)C2)cc1. The number of carbonyl (C=O) groups is 1. The molecule has 3 rings (SSSR count). The summed E-state index contributed by atoms with van der Waals surface area (Å²) >= 11 is 3.34. The maximum Gasteiger partial charge on any atom is 0.258 e. The molecule has 2 aromatic carbocycles. The first kappa shape index (κ1) is 17.7. The fourth-order valence-electron chi connectivity index (χ4n) is 2.65. The molecule has 0 saturated carbocycles. The molecule has 1 amide bonds. The molecule has 7 heteroatoms. The Morgan fingerprint density at radius 1 is 1.12 bits per heavy atom. The molecule has 2 aromatic rings. The Kier molecular flexibility index (Phi) is 4.96. The lowest BCUT2D eigenvalue weighted by Crippen LogP contribution is -2.41. The molecular weight excluding hydrogens is 406 g/mol. The Labute approximate surface area is 155 Å². The summed E-state index contributed by atoms with van der Waals surface area (Å²) in [4.78, 5) is 14.6. The van der Waals surface area contributed by atoms with Crippen molar-refractivity contribution in [3.8, 4) is 5.75 Å². The summed E-state index contributed by atoms with van der Waals surface area (Å²) in [5.41, 5.74) is 1.09. The second-order valence-electron chi connectivity index (χ2n) is 5.61. The molecule has 1 heterocycles. The number of amides is 1. The number of hydrogen-bond acceptors (Lipinski definition) is 4. The second kappa shape index (κ2) is 7.01. The summed E-state index contributed by atoms with van der Waals surface area (Å²) in [5, 5.41) is 1.17. The van der Waals surface area contributed by atoms with E-state index in [0.29, 0.717) is 17.0 Å². The first-order chi connectivity index (χ1) is 11.9. The maximum atomic E-state index is 13.1. The lowest BCUT2D eigenvalue weighted by Gasteiger charge is -2.28. The number of carbonyl (C=O) groups excluding carboxylic acids is 1. The van der Waals surface area contributed by atoms with Gasteiger partial charge in [-0.1, -0.05) is 15.9 Å². The van der Waals surface area contributed by atoms with Crippen molar-refractivity contribution in [2.24, 2.45) is 0 Å². The first-order valence-corrected chi connectivity index (χ1v) is 10.0. The van der Waals surface area contributed by atoms with Crippen LogP contribution in [0.15, 0.2) is 64.5 Å². The molecule has 1 unspecified atom stereocenters. The van der Waals surface area contributed by atoms with Crippen LogP contribution in [0.2, 0.25) is 0 Å². The number of ether oxygens (including phenoxy) is 1. The number of rotatable bonds is 4. The molecular formula is C18H16BrNO4S. The van der Waals surface area contributed by atoms with Crippen LogP contribution in [-0.4, -0.2) is 33.2 Å². The number of anilines is 1. The minimum absolute atomic E-state index is 0.124. The molecule has 1 atom stereocenters. The Bertz CT molecular complexity index is 905. The van der Waals surface area contributed by atoms with Gasteiger partial charge in [-0.15, -0.1) is 0 Å². The predicted molar refractivity (Wildman–Crippen MR) is 101 cm³/mol. The van der Waals surface area contributed by atoms with E-state index in [1.807, 2.05) is 0 Å². The van der Waals surface area contributed by atoms with Gasteiger partial charge in [0.2, 0.25) is 0 Å². The summed E-state index contributed by atoms with van der Waals surface area (Å²) < 4.78 is 29.7. The van der Waals surface area contributed by atoms with Gasteiger partial charge in [-0.05, 0) is 54.6 Å². The minimum atomic E-state index is -3.29. The van der Waals surface area contributed by atoms with E-state index in [0.717, 1.165) is 4.47 Å². The molecule has 0 saturated heterocycles. The predicted octanol–water partition coefficient (Wildman–Crippen LogP) is 3.42. The van der Waals surface area contributed by atoms with E-state index in [4.69, 9.17) is 4.74 Å². The van der Waals surface area contributed by atoms with Crippen LogP contribution in [0.1, 0.15) is 10.4 Å². The monoisotopic (exact) mass is 421 g/mol. The average Bonchev–Trinajstić information content (AvgIpc) is 2.96. The molecule has 0 N–H and O–H groups in total. The molecule has 0 aliphatic carbocycles. The molecule has 0 aromatic heterocycles. The fraction of sp³-hybridized carbons (Fsp3) is 0.167. The van der Waals surface area contributed by atoms with Crippen molar-refractivity contribution in [3.63, 3.8) is 0 Å². The van der Waals surface area contributed by atoms with Crippen molar-refractivity contribution < 1.29 is 17.9 Å². The van der Waals surface area contributed by atoms with E-state index in [-0.39, 0.29) is 11.7 Å². The van der Waals surface area contributed by atoms with Crippen LogP contribution in [0.4, 0.5) is 5.69 Å². The highest BCUT2D eigenvalue weighted by atomic mass is 79.9. The van der Waals surface area contributed by atoms with Crippen LogP contribution >= 0.6 is 15.9 Å². The molecule has 0 bridgehead atoms. The zero-order chi connectivity index (χ0) is 18.0. The molecule has 0 spiro atoms. The third-order valence-electron chi connectivity index (χ3n) is 3.90. The lowest BCUT2D eigenvalue weighted by atomic mass is 10.1. The standard InChI is InChI=1S/C18H16BrNO4S/c1-24-17-8-6-15(7-9-17)20(16-10-11-25(22,23)12-16)18(21)13-2-4-14(19)5-3-13/h2-11,16H,12H2,1H3. The van der Waals surface area contributed by atoms with Gasteiger partial charge in [0.05, 0.1) is 18.9 Å². The van der Waals surface area contributed by atoms with E-state index in [1.165, 1.54) is 10.3 Å². The Balaban J connectivity index is 2.00. The van der Waals surface area contributed by atoms with Crippen molar-refractivity contribution in [1.82, 2.24) is 0 Å². The van der Waals surface area contributed by atoms with Gasteiger partial charge in [0.1, 0.15) is 5.75 Å². The third kappa shape index (κ3) is 3.93. The Morgan fingerprint density at radius 2 is 1.76 bits per heavy atom. The summed E-state index contributed by atoms with van der Waals surface area (Å²) in [5.74, 6) is 0.278. The lowest BCUT2D eigenvalue weighted by molar-refractivity contribution is 0.0983. The average molecular weight is 422 g/mol. The van der Waals surface area contributed by atoms with Crippen molar-refractivity contribution >= 4 is 37.4 Å². The minimum Gasteiger partial charge on any atom is -0.497 e. The van der Waals surface area contributed by atoms with Gasteiger partial charge < -0.3 is 9.64 Å². The molecule has 0 radical (unpaired) electrons. The van der Waals surface area contributed by atoms with E-state index < -0.39 is 15.9 Å². The first-order valence-electron chi connectivity index (χ1n) is 7.54. The number of halogens is 1. The zero-order valence-electron chi connectivity index (χ0n) is 13.4. The van der Waals surface area contributed by atoms with Crippen LogP contribution < -0.4 is 9.64 Å². The van der Waals surface area contributed by atoms with E-state index in [1.54, 1.807) is 61.7 Å². The highest BCUT2D eigenvalue weighted by Gasteiger charge is 2.32. The summed E-state index contributed by atoms with van der Waals surface area (Å²) in [7, 11) is -1.73. The second-order valence-corrected chi connectivity index (χ2v) is 8.45. The van der Waals surface area contributed by atoms with Crippen molar-refractivity contribution in [3.05, 3.63) is 70.1 Å². The fourth-order valence-corrected chi connectivity index (χ4v) is 4.19. The van der Waals surface area contributed by atoms with Crippen LogP contribution in [-0.2, 0) is 9.84 Å². The van der Waals surface area contributed by atoms with Gasteiger partial charge in [-0.25, -0.2) is 8.42 Å². The Hall–Kier alpha value is -2.12. The zero-order valence-corrected chi connectivity index (χ0v) is 15.8. The van der Waals surface area contributed by atoms with Crippen molar-refractivity contribution in [2.45, 2.75) is 6.04 Å². The molecule has 0 fully saturated rings. The van der Waals surface area contributed by atoms with Gasteiger partial charge in [-0.2, -0.15) is 0 Å². The molecule has 130 valence electrons. The summed E-state index contributed by atoms with van der Waals surface area (Å²) in [6, 6.07) is 13.4. The number of nitrogens with zero attached hydrogens (tertiary/aromatic N) is 1. The van der Waals surface area contributed by atoms with Gasteiger partial charge in [0.15, 0.2) is 9.84 Å². The summed E-state index contributed by atoms with van der Waals surface area (Å²) in [6.45, 7) is 0. The van der Waals surface area contributed by atoms with Crippen LogP contribution in [0.5, 0.6) is 5.75 Å². The number of hydrogen-bond donors (Lipinski definition) is 0. The Morgan fingerprint density at radius 3 is 2.28 bits per heavy atom. The van der Waals surface area contributed by atoms with Crippen molar-refractivity contribution in [2.75, 3.05) is 17.8 Å². The molecule has 25 heavy (non-hydrogen) atoms. The smallest absolute Gasteiger partial charge is 0.258 e. The maximum absolute atomic E-state index is 13.1. The molecule has 1 aliphatic heterocycles. The van der Waals surface area contributed by atoms with Crippen LogP contribution in [0, 0.1) is 0 Å². The highest BCUT2D eigenvalue weighted by molar-refractivity contribution is 9.10. The van der Waals surface area contributed by atoms with Crippen LogP contribution in [0.25, 0.3) is 0 Å². The van der Waals surface area contributed by atoms with Gasteiger partial charge >= 0.3 is 0 Å². The van der Waals surface area contributed by atoms with Gasteiger partial charge in [-0.3, -0.25) is 4.79 Å². The normalized spacial score (nSPS) is 18.1. The molecule has 1 aliphatic rings. The van der Waals surface area contributed by atoms with Gasteiger partial charge in [0.25, 0.3) is 5.91 Å². The number of sulfone groups is 1. The number of benzene rings is 2. The topological polar surface area (TPSA) is 63.7 Å². The highest BCUT2D eigenvalue weighted by Crippen LogP contribution is 2.27. The van der Waals surface area contributed by atoms with Crippen LogP contribution in [0.3, 0.4) is 0 Å². The van der Waals surface area contributed by atoms with Gasteiger partial charge in [0, 0.05) is 21.1 Å². The summed E-state index contributed by atoms with van der Waals surface area (Å²) in [6.07, 6.45) is 1.55. The van der Waals surface area contributed by atoms with E-state index in [2.05, 4.69) is 15.9 Å². The van der Waals surface area contributed by atoms with E-state index in [9.17, 15) is 13.2 Å². The van der Waals surface area contributed by atoms with Crippen molar-refractivity contribution in [1.29, 1.82) is 0 Å². The largest absolute Gasteiger partial charge is 0.497 e.